The molecule has 0 rings (SSSR count). The fourth-order valence-electron chi connectivity index (χ4n) is 2.86. The van der Waals surface area contributed by atoms with Crippen LogP contribution in [0.15, 0.2) is 0 Å². The molecule has 8 nitrogen and oxygen atoms in total. The molecule has 0 aromatic rings. The minimum absolute atomic E-state index is 0.153. The number of alkyl halides is 4. The highest BCUT2D eigenvalue weighted by molar-refractivity contribution is 9.10. The molecule has 0 radical (unpaired) electrons. The monoisotopic (exact) mass is 968 g/mol. The van der Waals surface area contributed by atoms with E-state index in [4.69, 9.17) is 18.9 Å². The third-order valence-electron chi connectivity index (χ3n) is 5.42. The molecule has 0 aliphatic carbocycles. The molecular formula is C29H48Br4O8S4. The summed E-state index contributed by atoms with van der Waals surface area (Å²) >= 11 is 20.2. The normalized spacial score (nSPS) is 12.9. The zero-order chi connectivity index (χ0) is 35.0. The second-order valence-corrected chi connectivity index (χ2v) is 24.5. The first-order valence-corrected chi connectivity index (χ1v) is 22.1. The first-order valence-electron chi connectivity index (χ1n) is 14.3. The van der Waals surface area contributed by atoms with Crippen molar-refractivity contribution in [3.8, 4) is 0 Å². The summed E-state index contributed by atoms with van der Waals surface area (Å²) in [6.45, 7) is 15.2. The fourth-order valence-corrected chi connectivity index (χ4v) is 8.44. The van der Waals surface area contributed by atoms with E-state index >= 15 is 0 Å². The van der Waals surface area contributed by atoms with Crippen molar-refractivity contribution in [2.45, 2.75) is 72.7 Å². The molecule has 45 heavy (non-hydrogen) atoms. The predicted octanol–water partition coefficient (Wildman–Crippen LogP) is 7.77. The predicted molar refractivity (Wildman–Crippen MR) is 208 cm³/mol. The van der Waals surface area contributed by atoms with E-state index in [1.54, 1.807) is 102 Å². The number of ether oxygens (including phenoxy) is 4. The number of esters is 4. The van der Waals surface area contributed by atoms with Crippen LogP contribution in [0.2, 0.25) is 0 Å². The lowest BCUT2D eigenvalue weighted by molar-refractivity contribution is -0.145. The SMILES string of the molecule is CC(C)(Br)C(=O)OCCSCC(CSCCOC(=O)C(C)(C)Br)(CSCCOC(=O)C(C)(C)Br)CSCCOC(=O)C(C)(C)Br. The fraction of sp³-hybridized carbons (Fsp3) is 0.862. The molecule has 0 aliphatic heterocycles. The highest BCUT2D eigenvalue weighted by Gasteiger charge is 2.32. The number of carbonyl (C=O) groups is 4. The Morgan fingerprint density at radius 3 is 0.756 bits per heavy atom. The molecule has 0 atom stereocenters. The zero-order valence-electron chi connectivity index (χ0n) is 27.4. The summed E-state index contributed by atoms with van der Waals surface area (Å²) in [4.78, 5) is 48.6. The van der Waals surface area contributed by atoms with Crippen molar-refractivity contribution < 1.29 is 38.1 Å². The van der Waals surface area contributed by atoms with Crippen LogP contribution in [0.3, 0.4) is 0 Å². The van der Waals surface area contributed by atoms with Crippen LogP contribution in [0.4, 0.5) is 0 Å². The van der Waals surface area contributed by atoms with Crippen LogP contribution in [0.5, 0.6) is 0 Å². The van der Waals surface area contributed by atoms with Gasteiger partial charge in [-0.1, -0.05) is 63.7 Å². The average Bonchev–Trinajstić information content (AvgIpc) is 2.89. The maximum absolute atomic E-state index is 12.2. The number of hydrogen-bond donors (Lipinski definition) is 0. The van der Waals surface area contributed by atoms with E-state index in [1.807, 2.05) is 0 Å². The van der Waals surface area contributed by atoms with Gasteiger partial charge in [0.05, 0.1) is 0 Å². The molecule has 0 aromatic heterocycles. The van der Waals surface area contributed by atoms with Gasteiger partial charge in [0.2, 0.25) is 0 Å². The summed E-state index contributed by atoms with van der Waals surface area (Å²) in [5.41, 5.74) is -0.153. The molecule has 0 saturated heterocycles. The van der Waals surface area contributed by atoms with Gasteiger partial charge >= 0.3 is 23.9 Å². The van der Waals surface area contributed by atoms with Gasteiger partial charge in [-0.25, -0.2) is 0 Å². The van der Waals surface area contributed by atoms with Gasteiger partial charge in [-0.15, -0.1) is 0 Å². The molecule has 0 spiro atoms. The summed E-state index contributed by atoms with van der Waals surface area (Å²) in [6, 6.07) is 0. The molecule has 0 heterocycles. The Kier molecular flexibility index (Phi) is 22.7. The van der Waals surface area contributed by atoms with E-state index in [1.165, 1.54) is 0 Å². The molecular weight excluding hydrogens is 924 g/mol. The number of thioether (sulfide) groups is 4. The lowest BCUT2D eigenvalue weighted by Gasteiger charge is -2.33. The van der Waals surface area contributed by atoms with E-state index in [0.29, 0.717) is 49.4 Å². The maximum atomic E-state index is 12.2. The van der Waals surface area contributed by atoms with Gasteiger partial charge in [0, 0.05) is 51.4 Å². The molecule has 264 valence electrons. The van der Waals surface area contributed by atoms with Crippen molar-refractivity contribution in [2.75, 3.05) is 72.5 Å². The molecule has 0 bridgehead atoms. The lowest BCUT2D eigenvalue weighted by atomic mass is 9.99. The first-order chi connectivity index (χ1) is 20.5. The van der Waals surface area contributed by atoms with Crippen molar-refractivity contribution in [1.29, 1.82) is 0 Å². The topological polar surface area (TPSA) is 105 Å². The quantitative estimate of drug-likeness (QED) is 0.0409. The van der Waals surface area contributed by atoms with Gasteiger partial charge in [0.1, 0.15) is 43.7 Å². The molecule has 16 heteroatoms. The van der Waals surface area contributed by atoms with Gasteiger partial charge in [-0.05, 0) is 55.4 Å². The van der Waals surface area contributed by atoms with Crippen molar-refractivity contribution in [3.05, 3.63) is 0 Å². The number of carbonyl (C=O) groups excluding carboxylic acids is 4. The number of rotatable bonds is 24. The van der Waals surface area contributed by atoms with Gasteiger partial charge in [0.15, 0.2) is 0 Å². The first kappa shape index (κ1) is 46.2. The molecule has 0 N–H and O–H groups in total. The van der Waals surface area contributed by atoms with Crippen LogP contribution >= 0.6 is 111 Å². The Hall–Kier alpha value is 1.20. The van der Waals surface area contributed by atoms with Crippen LogP contribution in [0, 0.1) is 5.41 Å². The Balaban J connectivity index is 5.46. The molecule has 0 amide bonds. The van der Waals surface area contributed by atoms with Crippen LogP contribution in [-0.4, -0.2) is 114 Å². The Morgan fingerprint density at radius 2 is 0.600 bits per heavy atom. The number of hydrogen-bond acceptors (Lipinski definition) is 12. The van der Waals surface area contributed by atoms with Gasteiger partial charge in [-0.3, -0.25) is 19.2 Å². The largest absolute Gasteiger partial charge is 0.464 e. The Labute approximate surface area is 320 Å². The second kappa shape index (κ2) is 22.1. The van der Waals surface area contributed by atoms with Gasteiger partial charge < -0.3 is 18.9 Å². The van der Waals surface area contributed by atoms with Crippen molar-refractivity contribution in [2.24, 2.45) is 5.41 Å². The van der Waals surface area contributed by atoms with Crippen LogP contribution in [-0.2, 0) is 38.1 Å². The smallest absolute Gasteiger partial charge is 0.322 e. The third kappa shape index (κ3) is 22.5. The summed E-state index contributed by atoms with van der Waals surface area (Å²) in [5.74, 6) is 4.54. The summed E-state index contributed by atoms with van der Waals surface area (Å²) in [5, 5.41) is 0. The Morgan fingerprint density at radius 1 is 0.422 bits per heavy atom. The van der Waals surface area contributed by atoms with E-state index < -0.39 is 17.3 Å². The molecule has 0 aliphatic rings. The molecule has 0 fully saturated rings. The highest BCUT2D eigenvalue weighted by atomic mass is 79.9. The van der Waals surface area contributed by atoms with Crippen LogP contribution < -0.4 is 0 Å². The molecule has 0 saturated carbocycles. The van der Waals surface area contributed by atoms with Crippen LogP contribution in [0.25, 0.3) is 0 Å². The molecule has 0 aromatic carbocycles. The van der Waals surface area contributed by atoms with E-state index in [0.717, 1.165) is 23.0 Å². The lowest BCUT2D eigenvalue weighted by Crippen LogP contribution is -2.35. The minimum atomic E-state index is -0.736. The Bertz CT molecular complexity index is 780. The number of halogens is 4. The average molecular weight is 973 g/mol. The van der Waals surface area contributed by atoms with Crippen LogP contribution in [0.1, 0.15) is 55.4 Å². The zero-order valence-corrected chi connectivity index (χ0v) is 37.0. The van der Waals surface area contributed by atoms with E-state index in [9.17, 15) is 19.2 Å². The third-order valence-corrected chi connectivity index (χ3v) is 11.8. The van der Waals surface area contributed by atoms with Gasteiger partial charge in [-0.2, -0.15) is 47.0 Å². The molecule has 0 unspecified atom stereocenters. The van der Waals surface area contributed by atoms with Gasteiger partial charge in [0.25, 0.3) is 0 Å². The highest BCUT2D eigenvalue weighted by Crippen LogP contribution is 2.36. The van der Waals surface area contributed by atoms with Crippen molar-refractivity contribution >= 4 is 135 Å². The maximum Gasteiger partial charge on any atom is 0.322 e. The van der Waals surface area contributed by atoms with E-state index in [2.05, 4.69) is 63.7 Å². The minimum Gasteiger partial charge on any atom is -0.464 e. The van der Waals surface area contributed by atoms with Crippen molar-refractivity contribution in [1.82, 2.24) is 0 Å². The summed E-state index contributed by atoms with van der Waals surface area (Å²) in [6.07, 6.45) is 0. The van der Waals surface area contributed by atoms with E-state index in [-0.39, 0.29) is 29.3 Å². The summed E-state index contributed by atoms with van der Waals surface area (Å²) in [7, 11) is 0. The van der Waals surface area contributed by atoms with Crippen molar-refractivity contribution in [3.63, 3.8) is 0 Å². The standard InChI is InChI=1S/C29H48Br4O8S4/c1-25(2,30)21(34)38-9-13-42-17-29(18-43-14-10-39-22(35)26(3,4)31,19-44-15-11-40-23(36)27(5,6)32)20-45-16-12-41-24(37)28(7,8)33/h9-20H2,1-8H3. The second-order valence-electron chi connectivity index (χ2n) is 12.1. The summed E-state index contributed by atoms with van der Waals surface area (Å²) < 4.78 is 18.8.